The third-order valence-electron chi connectivity index (χ3n) is 5.58. The van der Waals surface area contributed by atoms with Crippen molar-refractivity contribution in [2.24, 2.45) is 0 Å². The molecule has 1 aliphatic carbocycles. The fourth-order valence-corrected chi connectivity index (χ4v) is 5.00. The second kappa shape index (κ2) is 8.71. The van der Waals surface area contributed by atoms with E-state index in [1.807, 2.05) is 12.1 Å². The molecule has 0 bridgehead atoms. The Labute approximate surface area is 193 Å². The standard InChI is InChI=1S/C25H19F2N3O2S/c1-32-21-13-16(10-11-28-21)15-9-8-14-4-2-7-20-23(17(14)12-15)33-25(29-20)24(31)30-22-18(26)5-3-6-19(22)27/h3,5-6,8-13H,2,4,7H2,1H3,(H,30,31). The van der Waals surface area contributed by atoms with Crippen LogP contribution in [0.4, 0.5) is 14.5 Å². The summed E-state index contributed by atoms with van der Waals surface area (Å²) >= 11 is 1.24. The molecule has 4 aromatic rings. The maximum absolute atomic E-state index is 14.0. The van der Waals surface area contributed by atoms with Gasteiger partial charge in [0.1, 0.15) is 17.3 Å². The molecule has 33 heavy (non-hydrogen) atoms. The SMILES string of the molecule is COc1cc(-c2ccc3c(c2)-c2sc(C(=O)Nc4c(F)cccc4F)nc2CCC3)ccn1. The molecule has 0 saturated heterocycles. The summed E-state index contributed by atoms with van der Waals surface area (Å²) in [5.74, 6) is -1.76. The average Bonchev–Trinajstić information content (AvgIpc) is 3.18. The number of hydrogen-bond acceptors (Lipinski definition) is 5. The topological polar surface area (TPSA) is 64.1 Å². The maximum atomic E-state index is 14.0. The molecule has 1 aliphatic rings. The lowest BCUT2D eigenvalue weighted by atomic mass is 9.97. The van der Waals surface area contributed by atoms with Crippen molar-refractivity contribution < 1.29 is 18.3 Å². The van der Waals surface area contributed by atoms with E-state index < -0.39 is 23.2 Å². The molecule has 166 valence electrons. The van der Waals surface area contributed by atoms with Gasteiger partial charge in [0.05, 0.1) is 17.7 Å². The van der Waals surface area contributed by atoms with Crippen LogP contribution >= 0.6 is 11.3 Å². The van der Waals surface area contributed by atoms with Crippen molar-refractivity contribution in [1.29, 1.82) is 0 Å². The van der Waals surface area contributed by atoms with Gasteiger partial charge in [0.15, 0.2) is 5.01 Å². The van der Waals surface area contributed by atoms with Crippen LogP contribution in [-0.2, 0) is 12.8 Å². The molecular weight excluding hydrogens is 444 g/mol. The van der Waals surface area contributed by atoms with Crippen LogP contribution in [-0.4, -0.2) is 23.0 Å². The van der Waals surface area contributed by atoms with Crippen molar-refractivity contribution in [2.45, 2.75) is 19.3 Å². The van der Waals surface area contributed by atoms with Gasteiger partial charge in [-0.05, 0) is 65.8 Å². The van der Waals surface area contributed by atoms with Crippen LogP contribution < -0.4 is 10.1 Å². The molecule has 2 heterocycles. The molecule has 0 saturated carbocycles. The predicted molar refractivity (Wildman–Crippen MR) is 124 cm³/mol. The van der Waals surface area contributed by atoms with Gasteiger partial charge in [0, 0.05) is 12.3 Å². The summed E-state index contributed by atoms with van der Waals surface area (Å²) in [5.41, 5.74) is 4.51. The first-order chi connectivity index (χ1) is 16.0. The summed E-state index contributed by atoms with van der Waals surface area (Å²) in [7, 11) is 1.58. The number of carbonyl (C=O) groups is 1. The minimum atomic E-state index is -0.829. The minimum Gasteiger partial charge on any atom is -0.481 e. The summed E-state index contributed by atoms with van der Waals surface area (Å²) in [6, 6.07) is 13.5. The number of thiazole rings is 1. The number of fused-ring (bicyclic) bond motifs is 3. The molecule has 1 N–H and O–H groups in total. The van der Waals surface area contributed by atoms with E-state index in [4.69, 9.17) is 4.74 Å². The Balaban J connectivity index is 1.52. The predicted octanol–water partition coefficient (Wildman–Crippen LogP) is 5.90. The van der Waals surface area contributed by atoms with Gasteiger partial charge < -0.3 is 10.1 Å². The van der Waals surface area contributed by atoms with E-state index in [0.717, 1.165) is 58.7 Å². The third kappa shape index (κ3) is 4.09. The first kappa shape index (κ1) is 21.2. The Morgan fingerprint density at radius 3 is 2.64 bits per heavy atom. The van der Waals surface area contributed by atoms with E-state index >= 15 is 0 Å². The first-order valence-electron chi connectivity index (χ1n) is 10.4. The van der Waals surface area contributed by atoms with Crippen LogP contribution in [0.5, 0.6) is 5.88 Å². The van der Waals surface area contributed by atoms with Gasteiger partial charge in [-0.15, -0.1) is 11.3 Å². The highest BCUT2D eigenvalue weighted by molar-refractivity contribution is 7.17. The zero-order valence-electron chi connectivity index (χ0n) is 17.7. The van der Waals surface area contributed by atoms with E-state index in [2.05, 4.69) is 33.5 Å². The molecule has 1 amide bonds. The van der Waals surface area contributed by atoms with Crippen LogP contribution in [0.3, 0.4) is 0 Å². The molecule has 5 nitrogen and oxygen atoms in total. The van der Waals surface area contributed by atoms with Crippen molar-refractivity contribution in [3.63, 3.8) is 0 Å². The molecule has 0 aliphatic heterocycles. The van der Waals surface area contributed by atoms with Gasteiger partial charge >= 0.3 is 0 Å². The lowest BCUT2D eigenvalue weighted by molar-refractivity contribution is 0.102. The summed E-state index contributed by atoms with van der Waals surface area (Å²) < 4.78 is 33.2. The van der Waals surface area contributed by atoms with E-state index in [9.17, 15) is 13.6 Å². The van der Waals surface area contributed by atoms with Crippen molar-refractivity contribution >= 4 is 22.9 Å². The number of carbonyl (C=O) groups excluding carboxylic acids is 1. The zero-order valence-corrected chi connectivity index (χ0v) is 18.5. The lowest BCUT2D eigenvalue weighted by Crippen LogP contribution is -2.14. The number of aryl methyl sites for hydroxylation is 2. The number of halogens is 2. The third-order valence-corrected chi connectivity index (χ3v) is 6.71. The van der Waals surface area contributed by atoms with Crippen molar-refractivity contribution in [2.75, 3.05) is 12.4 Å². The number of rotatable bonds is 4. The quantitative estimate of drug-likeness (QED) is 0.409. The van der Waals surface area contributed by atoms with Gasteiger partial charge in [0.25, 0.3) is 5.91 Å². The number of benzene rings is 2. The molecule has 0 radical (unpaired) electrons. The van der Waals surface area contributed by atoms with Crippen molar-refractivity contribution in [3.8, 4) is 27.4 Å². The summed E-state index contributed by atoms with van der Waals surface area (Å²) in [4.78, 5) is 22.4. The highest BCUT2D eigenvalue weighted by Crippen LogP contribution is 2.39. The van der Waals surface area contributed by atoms with Gasteiger partial charge in [-0.25, -0.2) is 18.7 Å². The normalized spacial score (nSPS) is 12.5. The molecule has 2 aromatic heterocycles. The molecule has 0 unspecified atom stereocenters. The van der Waals surface area contributed by atoms with Crippen LogP contribution in [0, 0.1) is 11.6 Å². The Kier molecular flexibility index (Phi) is 5.60. The number of aromatic nitrogens is 2. The largest absolute Gasteiger partial charge is 0.481 e. The Morgan fingerprint density at radius 2 is 1.85 bits per heavy atom. The number of methoxy groups -OCH3 is 1. The molecule has 0 atom stereocenters. The molecule has 2 aromatic carbocycles. The maximum Gasteiger partial charge on any atom is 0.284 e. The summed E-state index contributed by atoms with van der Waals surface area (Å²) in [6.07, 6.45) is 4.22. The molecule has 8 heteroatoms. The van der Waals surface area contributed by atoms with E-state index in [1.165, 1.54) is 23.0 Å². The Bertz CT molecular complexity index is 1350. The minimum absolute atomic E-state index is 0.173. The Morgan fingerprint density at radius 1 is 1.06 bits per heavy atom. The Hall–Kier alpha value is -3.65. The molecule has 5 rings (SSSR count). The number of nitrogens with one attached hydrogen (secondary N) is 1. The number of anilines is 1. The van der Waals surface area contributed by atoms with Gasteiger partial charge in [-0.2, -0.15) is 0 Å². The van der Waals surface area contributed by atoms with Gasteiger partial charge in [0.2, 0.25) is 5.88 Å². The van der Waals surface area contributed by atoms with Crippen LogP contribution in [0.15, 0.2) is 54.7 Å². The van der Waals surface area contributed by atoms with Crippen LogP contribution in [0.25, 0.3) is 21.6 Å². The summed E-state index contributed by atoms with van der Waals surface area (Å²) in [6.45, 7) is 0. The number of hydrogen-bond donors (Lipinski definition) is 1. The smallest absolute Gasteiger partial charge is 0.284 e. The van der Waals surface area contributed by atoms with Crippen molar-refractivity contribution in [1.82, 2.24) is 9.97 Å². The fourth-order valence-electron chi connectivity index (χ4n) is 3.95. The average molecular weight is 464 g/mol. The second-order valence-corrected chi connectivity index (χ2v) is 8.66. The van der Waals surface area contributed by atoms with Crippen molar-refractivity contribution in [3.05, 3.63) is 82.6 Å². The molecular formula is C25H19F2N3O2S. The number of amides is 1. The lowest BCUT2D eigenvalue weighted by Gasteiger charge is -2.10. The zero-order chi connectivity index (χ0) is 22.9. The number of pyridine rings is 1. The molecule has 0 fully saturated rings. The number of ether oxygens (including phenoxy) is 1. The highest BCUT2D eigenvalue weighted by Gasteiger charge is 2.24. The number of para-hydroxylation sites is 1. The van der Waals surface area contributed by atoms with E-state index in [1.54, 1.807) is 13.3 Å². The first-order valence-corrected chi connectivity index (χ1v) is 11.2. The van der Waals surface area contributed by atoms with E-state index in [0.29, 0.717) is 5.88 Å². The van der Waals surface area contributed by atoms with Crippen LogP contribution in [0.2, 0.25) is 0 Å². The van der Waals surface area contributed by atoms with E-state index in [-0.39, 0.29) is 5.01 Å². The monoisotopic (exact) mass is 463 g/mol. The second-order valence-electron chi connectivity index (χ2n) is 7.66. The highest BCUT2D eigenvalue weighted by atomic mass is 32.1. The summed E-state index contributed by atoms with van der Waals surface area (Å²) in [5, 5.41) is 2.50. The fraction of sp³-hybridized carbons (Fsp3) is 0.160. The molecule has 0 spiro atoms. The van der Waals surface area contributed by atoms with Crippen LogP contribution in [0.1, 0.15) is 27.5 Å². The number of nitrogens with zero attached hydrogens (tertiary/aromatic N) is 2. The van der Waals surface area contributed by atoms with Gasteiger partial charge in [-0.1, -0.05) is 18.2 Å². The van der Waals surface area contributed by atoms with Gasteiger partial charge in [-0.3, -0.25) is 4.79 Å².